The molecule has 4 rings (SSSR count). The van der Waals surface area contributed by atoms with Gasteiger partial charge in [-0.1, -0.05) is 12.1 Å². The Hall–Kier alpha value is -3.67. The lowest BCUT2D eigenvalue weighted by molar-refractivity contribution is 0.436. The topological polar surface area (TPSA) is 57.2 Å². The van der Waals surface area contributed by atoms with Crippen LogP contribution >= 0.6 is 0 Å². The van der Waals surface area contributed by atoms with Crippen LogP contribution in [0.3, 0.4) is 0 Å². The zero-order valence-corrected chi connectivity index (χ0v) is 14.0. The van der Waals surface area contributed by atoms with Crippen molar-refractivity contribution in [2.75, 3.05) is 5.73 Å². The summed E-state index contributed by atoms with van der Waals surface area (Å²) in [5, 5.41) is 0.529. The van der Waals surface area contributed by atoms with E-state index in [9.17, 15) is 13.6 Å². The highest BCUT2D eigenvalue weighted by Gasteiger charge is 2.13. The monoisotopic (exact) mass is 364 g/mol. The van der Waals surface area contributed by atoms with Gasteiger partial charge in [-0.2, -0.15) is 0 Å². The van der Waals surface area contributed by atoms with Gasteiger partial charge >= 0.3 is 0 Å². The average Bonchev–Trinajstić information content (AvgIpc) is 2.66. The molecule has 3 aromatic carbocycles. The van der Waals surface area contributed by atoms with E-state index >= 15 is 0 Å². The number of nitrogen functional groups attached to an aromatic ring is 1. The number of benzene rings is 3. The van der Waals surface area contributed by atoms with Crippen molar-refractivity contribution >= 4 is 16.6 Å². The van der Waals surface area contributed by atoms with E-state index in [-0.39, 0.29) is 11.2 Å². The third-order valence-corrected chi connectivity index (χ3v) is 4.16. The van der Waals surface area contributed by atoms with E-state index in [1.807, 2.05) is 6.07 Å². The van der Waals surface area contributed by atoms with E-state index in [0.29, 0.717) is 28.0 Å². The maximum Gasteiger partial charge on any atom is 0.189 e. The van der Waals surface area contributed by atoms with Crippen LogP contribution in [0.4, 0.5) is 14.5 Å². The molecule has 0 saturated heterocycles. The summed E-state index contributed by atoms with van der Waals surface area (Å²) in [4.78, 5) is 12.1. The van der Waals surface area contributed by atoms with Gasteiger partial charge in [-0.25, -0.2) is 8.78 Å². The number of hydrogen-bond donors (Lipinski definition) is 1. The Morgan fingerprint density at radius 1 is 0.889 bits per heavy atom. The highest BCUT2D eigenvalue weighted by Crippen LogP contribution is 2.33. The molecule has 0 unspecified atom stereocenters. The van der Waals surface area contributed by atoms with Crippen molar-refractivity contribution in [1.82, 2.24) is 4.57 Å². The number of ether oxygens (including phenoxy) is 1. The van der Waals surface area contributed by atoms with E-state index in [4.69, 9.17) is 10.5 Å². The van der Waals surface area contributed by atoms with Crippen molar-refractivity contribution in [3.05, 3.63) is 94.8 Å². The first kappa shape index (κ1) is 16.8. The molecule has 0 atom stereocenters. The van der Waals surface area contributed by atoms with Crippen molar-refractivity contribution < 1.29 is 13.5 Å². The zero-order valence-electron chi connectivity index (χ0n) is 14.0. The molecule has 0 amide bonds. The third kappa shape index (κ3) is 3.13. The van der Waals surface area contributed by atoms with Crippen LogP contribution < -0.4 is 15.9 Å². The molecule has 27 heavy (non-hydrogen) atoms. The predicted molar refractivity (Wildman–Crippen MR) is 100 cm³/mol. The van der Waals surface area contributed by atoms with E-state index in [2.05, 4.69) is 0 Å². The Kier molecular flexibility index (Phi) is 4.08. The molecule has 0 bridgehead atoms. The maximum atomic E-state index is 14.0. The molecule has 4 aromatic rings. The molecule has 0 aliphatic heterocycles. The fourth-order valence-corrected chi connectivity index (χ4v) is 2.90. The molecule has 0 saturated carbocycles. The molecule has 134 valence electrons. The SMILES string of the molecule is Nc1ccc(Oc2ccc(F)cc2F)c(-n2ccc(=O)c3ccccc32)c1. The number of halogens is 2. The highest BCUT2D eigenvalue weighted by atomic mass is 19.1. The summed E-state index contributed by atoms with van der Waals surface area (Å²) in [6.07, 6.45) is 1.60. The molecule has 2 N–H and O–H groups in total. The second kappa shape index (κ2) is 6.57. The zero-order chi connectivity index (χ0) is 19.0. The fourth-order valence-electron chi connectivity index (χ4n) is 2.90. The normalized spacial score (nSPS) is 10.9. The summed E-state index contributed by atoms with van der Waals surface area (Å²) < 4.78 is 34.6. The van der Waals surface area contributed by atoms with Gasteiger partial charge in [0.1, 0.15) is 5.82 Å². The minimum atomic E-state index is -0.817. The van der Waals surface area contributed by atoms with Crippen LogP contribution in [0.15, 0.2) is 77.7 Å². The minimum absolute atomic E-state index is 0.113. The quantitative estimate of drug-likeness (QED) is 0.539. The first-order chi connectivity index (χ1) is 13.0. The molecular weight excluding hydrogens is 350 g/mol. The third-order valence-electron chi connectivity index (χ3n) is 4.16. The summed E-state index contributed by atoms with van der Waals surface area (Å²) in [5.41, 5.74) is 7.46. The Morgan fingerprint density at radius 2 is 1.67 bits per heavy atom. The molecular formula is C21H14F2N2O2. The average molecular weight is 364 g/mol. The van der Waals surface area contributed by atoms with Gasteiger partial charge in [0.25, 0.3) is 0 Å². The highest BCUT2D eigenvalue weighted by molar-refractivity contribution is 5.81. The number of para-hydroxylation sites is 1. The Bertz CT molecular complexity index is 1220. The fraction of sp³-hybridized carbons (Fsp3) is 0. The van der Waals surface area contributed by atoms with Gasteiger partial charge < -0.3 is 15.0 Å². The molecule has 0 fully saturated rings. The lowest BCUT2D eigenvalue weighted by Crippen LogP contribution is -2.07. The number of aromatic nitrogens is 1. The summed E-state index contributed by atoms with van der Waals surface area (Å²) in [6, 6.07) is 16.5. The van der Waals surface area contributed by atoms with Crippen LogP contribution in [-0.2, 0) is 0 Å². The van der Waals surface area contributed by atoms with Crippen molar-refractivity contribution in [3.63, 3.8) is 0 Å². The number of nitrogens with two attached hydrogens (primary N) is 1. The molecule has 1 aromatic heterocycles. The van der Waals surface area contributed by atoms with Crippen molar-refractivity contribution in [1.29, 1.82) is 0 Å². The number of pyridine rings is 1. The van der Waals surface area contributed by atoms with E-state index in [0.717, 1.165) is 12.1 Å². The van der Waals surface area contributed by atoms with Crippen molar-refractivity contribution in [3.8, 4) is 17.2 Å². The standard InChI is InChI=1S/C21H14F2N2O2/c22-13-5-7-20(16(23)11-13)27-21-8-6-14(24)12-18(21)25-10-9-19(26)15-3-1-2-4-17(15)25/h1-12H,24H2. The first-order valence-corrected chi connectivity index (χ1v) is 8.16. The van der Waals surface area contributed by atoms with Crippen LogP contribution in [0.2, 0.25) is 0 Å². The summed E-state index contributed by atoms with van der Waals surface area (Å²) >= 11 is 0. The van der Waals surface area contributed by atoms with Gasteiger partial charge in [-0.15, -0.1) is 0 Å². The molecule has 0 spiro atoms. The molecule has 0 aliphatic carbocycles. The number of fused-ring (bicyclic) bond motifs is 1. The van der Waals surface area contributed by atoms with Gasteiger partial charge in [0, 0.05) is 29.4 Å². The van der Waals surface area contributed by atoms with E-state index in [1.165, 1.54) is 12.1 Å². The lowest BCUT2D eigenvalue weighted by Gasteiger charge is -2.16. The number of hydrogen-bond acceptors (Lipinski definition) is 3. The van der Waals surface area contributed by atoms with Gasteiger partial charge in [-0.3, -0.25) is 4.79 Å². The smallest absolute Gasteiger partial charge is 0.189 e. The van der Waals surface area contributed by atoms with Crippen LogP contribution in [0.5, 0.6) is 11.5 Å². The van der Waals surface area contributed by atoms with Gasteiger partial charge in [0.05, 0.1) is 11.2 Å². The lowest BCUT2D eigenvalue weighted by atomic mass is 10.2. The van der Waals surface area contributed by atoms with Crippen LogP contribution in [0.25, 0.3) is 16.6 Å². The molecule has 4 nitrogen and oxygen atoms in total. The number of anilines is 1. The predicted octanol–water partition coefficient (Wildman–Crippen LogP) is 4.64. The van der Waals surface area contributed by atoms with Gasteiger partial charge in [0.15, 0.2) is 22.7 Å². The number of rotatable bonds is 3. The maximum absolute atomic E-state index is 14.0. The van der Waals surface area contributed by atoms with E-state index in [1.54, 1.807) is 47.2 Å². The summed E-state index contributed by atoms with van der Waals surface area (Å²) in [7, 11) is 0. The van der Waals surface area contributed by atoms with Crippen LogP contribution in [0, 0.1) is 11.6 Å². The van der Waals surface area contributed by atoms with Crippen molar-refractivity contribution in [2.24, 2.45) is 0 Å². The Labute approximate surface area is 153 Å². The largest absolute Gasteiger partial charge is 0.452 e. The van der Waals surface area contributed by atoms with E-state index < -0.39 is 11.6 Å². The second-order valence-corrected chi connectivity index (χ2v) is 5.97. The number of nitrogens with zero attached hydrogens (tertiary/aromatic N) is 1. The molecule has 0 aliphatic rings. The van der Waals surface area contributed by atoms with Crippen LogP contribution in [-0.4, -0.2) is 4.57 Å². The Balaban J connectivity index is 1.91. The van der Waals surface area contributed by atoms with Crippen LogP contribution in [0.1, 0.15) is 0 Å². The molecule has 6 heteroatoms. The molecule has 0 radical (unpaired) electrons. The second-order valence-electron chi connectivity index (χ2n) is 5.97. The molecule has 1 heterocycles. The summed E-state index contributed by atoms with van der Waals surface area (Å²) in [5.74, 6) is -1.32. The van der Waals surface area contributed by atoms with Gasteiger partial charge in [0.2, 0.25) is 0 Å². The van der Waals surface area contributed by atoms with Crippen molar-refractivity contribution in [2.45, 2.75) is 0 Å². The first-order valence-electron chi connectivity index (χ1n) is 8.16. The summed E-state index contributed by atoms with van der Waals surface area (Å²) in [6.45, 7) is 0. The Morgan fingerprint density at radius 3 is 2.48 bits per heavy atom. The minimum Gasteiger partial charge on any atom is -0.452 e. The van der Waals surface area contributed by atoms with Gasteiger partial charge in [-0.05, 0) is 42.5 Å².